The number of amides is 1. The van der Waals surface area contributed by atoms with Crippen molar-refractivity contribution in [2.75, 3.05) is 5.32 Å². The van der Waals surface area contributed by atoms with Crippen LogP contribution in [0.25, 0.3) is 27.2 Å². The van der Waals surface area contributed by atoms with Gasteiger partial charge in [0.2, 0.25) is 5.91 Å². The molecule has 0 aliphatic rings. The van der Waals surface area contributed by atoms with Crippen LogP contribution in [-0.2, 0) is 11.2 Å². The molecule has 0 atom stereocenters. The number of fused-ring (bicyclic) bond motifs is 1. The zero-order valence-corrected chi connectivity index (χ0v) is 19.6. The molecule has 0 radical (unpaired) electrons. The number of carbonyl (C=O) groups is 2. The summed E-state index contributed by atoms with van der Waals surface area (Å²) < 4.78 is 2.98. The predicted molar refractivity (Wildman–Crippen MR) is 136 cm³/mol. The second-order valence-corrected chi connectivity index (χ2v) is 9.05. The first-order valence-corrected chi connectivity index (χ1v) is 11.8. The third-order valence-corrected chi connectivity index (χ3v) is 6.38. The summed E-state index contributed by atoms with van der Waals surface area (Å²) in [6.45, 7) is 3.44. The molecule has 0 saturated heterocycles. The van der Waals surface area contributed by atoms with Crippen molar-refractivity contribution in [1.29, 1.82) is 0 Å². The van der Waals surface area contributed by atoms with Crippen LogP contribution in [-0.4, -0.2) is 26.5 Å². The zero-order chi connectivity index (χ0) is 23.7. The van der Waals surface area contributed by atoms with E-state index in [0.717, 1.165) is 17.0 Å². The van der Waals surface area contributed by atoms with E-state index in [1.165, 1.54) is 17.0 Å². The highest BCUT2D eigenvalue weighted by atomic mass is 32.1. The minimum absolute atomic E-state index is 0.0483. The van der Waals surface area contributed by atoms with Gasteiger partial charge in [-0.15, -0.1) is 11.3 Å². The summed E-state index contributed by atoms with van der Waals surface area (Å²) in [7, 11) is 0. The molecule has 5 rings (SSSR count). The van der Waals surface area contributed by atoms with Gasteiger partial charge in [0, 0.05) is 27.2 Å². The molecule has 5 aromatic rings. The molecule has 2 aromatic carbocycles. The van der Waals surface area contributed by atoms with Crippen LogP contribution in [0.2, 0.25) is 0 Å². The van der Waals surface area contributed by atoms with Crippen molar-refractivity contribution < 1.29 is 9.59 Å². The minimum atomic E-state index is -0.206. The molecule has 0 saturated carbocycles. The number of aryl methyl sites for hydroxylation is 1. The highest BCUT2D eigenvalue weighted by Gasteiger charge is 2.16. The largest absolute Gasteiger partial charge is 0.326 e. The number of hydrogen-bond donors (Lipinski definition) is 1. The molecule has 7 heteroatoms. The number of pyridine rings is 1. The normalized spacial score (nSPS) is 11.0. The Bertz CT molecular complexity index is 1530. The maximum Gasteiger partial charge on any atom is 0.230 e. The highest BCUT2D eigenvalue weighted by molar-refractivity contribution is 7.17. The van der Waals surface area contributed by atoms with Crippen molar-refractivity contribution in [1.82, 2.24) is 14.8 Å². The van der Waals surface area contributed by atoms with Gasteiger partial charge in [0.15, 0.2) is 11.6 Å². The smallest absolute Gasteiger partial charge is 0.230 e. The molecule has 3 heterocycles. The van der Waals surface area contributed by atoms with Crippen LogP contribution in [0.5, 0.6) is 0 Å². The number of nitrogens with one attached hydrogen (secondary N) is 1. The summed E-state index contributed by atoms with van der Waals surface area (Å²) in [4.78, 5) is 29.1. The summed E-state index contributed by atoms with van der Waals surface area (Å²) in [5.41, 5.74) is 4.53. The predicted octanol–water partition coefficient (Wildman–Crippen LogP) is 5.84. The molecule has 0 unspecified atom stereocenters. The van der Waals surface area contributed by atoms with Crippen LogP contribution in [0.15, 0.2) is 78.2 Å². The Morgan fingerprint density at radius 2 is 1.85 bits per heavy atom. The van der Waals surface area contributed by atoms with E-state index in [0.29, 0.717) is 22.8 Å². The topological polar surface area (TPSA) is 76.9 Å². The lowest BCUT2D eigenvalue weighted by Crippen LogP contribution is -2.15. The standard InChI is InChI=1S/C27H22N4O2S/c1-17-5-3-8-26(28-17)31-24(21-10-9-19-11-12-34-25(19)14-21)15-23(30-31)16-27(33)29-22-7-4-6-20(13-22)18(2)32/h3-15H,16H2,1-2H3,(H,29,33). The average molecular weight is 467 g/mol. The lowest BCUT2D eigenvalue weighted by Gasteiger charge is -2.08. The molecule has 0 aliphatic carbocycles. The van der Waals surface area contributed by atoms with E-state index >= 15 is 0 Å². The fraction of sp³-hybridized carbons (Fsp3) is 0.111. The fourth-order valence-electron chi connectivity index (χ4n) is 3.84. The van der Waals surface area contributed by atoms with Gasteiger partial charge in [-0.1, -0.05) is 30.3 Å². The molecule has 1 amide bonds. The SMILES string of the molecule is CC(=O)c1cccc(NC(=O)Cc2cc(-c3ccc4ccsc4c3)n(-c3cccc(C)n3)n2)c1. The van der Waals surface area contributed by atoms with Crippen molar-refractivity contribution in [3.05, 3.63) is 95.1 Å². The monoisotopic (exact) mass is 466 g/mol. The third-order valence-electron chi connectivity index (χ3n) is 5.50. The third kappa shape index (κ3) is 4.51. The molecule has 6 nitrogen and oxygen atoms in total. The fourth-order valence-corrected chi connectivity index (χ4v) is 4.67. The highest BCUT2D eigenvalue weighted by Crippen LogP contribution is 2.29. The Hall–Kier alpha value is -4.10. The van der Waals surface area contributed by atoms with Gasteiger partial charge in [-0.25, -0.2) is 9.67 Å². The molecule has 34 heavy (non-hydrogen) atoms. The Morgan fingerprint density at radius 1 is 1.00 bits per heavy atom. The number of thiophene rings is 1. The number of ketones is 1. The van der Waals surface area contributed by atoms with E-state index in [-0.39, 0.29) is 18.1 Å². The van der Waals surface area contributed by atoms with Crippen LogP contribution >= 0.6 is 11.3 Å². The summed E-state index contributed by atoms with van der Waals surface area (Å²) in [5, 5.41) is 10.9. The Kier molecular flexibility index (Phi) is 5.77. The van der Waals surface area contributed by atoms with E-state index in [9.17, 15) is 9.59 Å². The summed E-state index contributed by atoms with van der Waals surface area (Å²) in [6.07, 6.45) is 0.0946. The molecular weight excluding hydrogens is 444 g/mol. The Labute approximate surface area is 200 Å². The zero-order valence-electron chi connectivity index (χ0n) is 18.8. The molecule has 3 aromatic heterocycles. The van der Waals surface area contributed by atoms with Crippen LogP contribution < -0.4 is 5.32 Å². The number of anilines is 1. The van der Waals surface area contributed by atoms with E-state index in [1.54, 1.807) is 40.3 Å². The summed E-state index contributed by atoms with van der Waals surface area (Å²) in [6, 6.07) is 23.0. The molecular formula is C27H22N4O2S. The molecule has 0 fully saturated rings. The summed E-state index contributed by atoms with van der Waals surface area (Å²) >= 11 is 1.69. The van der Waals surface area contributed by atoms with Crippen molar-refractivity contribution >= 4 is 38.8 Å². The van der Waals surface area contributed by atoms with Gasteiger partial charge in [0.25, 0.3) is 0 Å². The maximum absolute atomic E-state index is 12.8. The Balaban J connectivity index is 1.48. The van der Waals surface area contributed by atoms with Gasteiger partial charge in [0.1, 0.15) is 0 Å². The quantitative estimate of drug-likeness (QED) is 0.319. The first-order chi connectivity index (χ1) is 16.5. The number of benzene rings is 2. The second-order valence-electron chi connectivity index (χ2n) is 8.11. The van der Waals surface area contributed by atoms with Crippen molar-refractivity contribution in [2.45, 2.75) is 20.3 Å². The number of rotatable bonds is 6. The van der Waals surface area contributed by atoms with Crippen molar-refractivity contribution in [3.63, 3.8) is 0 Å². The average Bonchev–Trinajstić information content (AvgIpc) is 3.45. The van der Waals surface area contributed by atoms with Gasteiger partial charge in [0.05, 0.1) is 17.8 Å². The Morgan fingerprint density at radius 3 is 2.68 bits per heavy atom. The lowest BCUT2D eigenvalue weighted by molar-refractivity contribution is -0.115. The molecule has 0 spiro atoms. The number of aromatic nitrogens is 3. The van der Waals surface area contributed by atoms with Gasteiger partial charge in [-0.2, -0.15) is 5.10 Å². The van der Waals surface area contributed by atoms with Crippen LogP contribution in [0, 0.1) is 6.92 Å². The first kappa shape index (κ1) is 21.7. The minimum Gasteiger partial charge on any atom is -0.326 e. The van der Waals surface area contributed by atoms with Gasteiger partial charge < -0.3 is 5.32 Å². The number of nitrogens with zero attached hydrogens (tertiary/aromatic N) is 3. The van der Waals surface area contributed by atoms with E-state index in [4.69, 9.17) is 5.10 Å². The van der Waals surface area contributed by atoms with E-state index in [1.807, 2.05) is 31.2 Å². The van der Waals surface area contributed by atoms with Crippen LogP contribution in [0.1, 0.15) is 28.7 Å². The maximum atomic E-state index is 12.8. The van der Waals surface area contributed by atoms with Gasteiger partial charge in [-0.05, 0) is 67.1 Å². The van der Waals surface area contributed by atoms with Crippen LogP contribution in [0.3, 0.4) is 0 Å². The first-order valence-electron chi connectivity index (χ1n) is 10.9. The number of hydrogen-bond acceptors (Lipinski definition) is 5. The number of carbonyl (C=O) groups excluding carboxylic acids is 2. The van der Waals surface area contributed by atoms with E-state index < -0.39 is 0 Å². The summed E-state index contributed by atoms with van der Waals surface area (Å²) in [5.74, 6) is 0.442. The van der Waals surface area contributed by atoms with Gasteiger partial charge >= 0.3 is 0 Å². The molecule has 0 aliphatic heterocycles. The molecule has 1 N–H and O–H groups in total. The van der Waals surface area contributed by atoms with E-state index in [2.05, 4.69) is 39.9 Å². The van der Waals surface area contributed by atoms with Crippen LogP contribution in [0.4, 0.5) is 5.69 Å². The van der Waals surface area contributed by atoms with Gasteiger partial charge in [-0.3, -0.25) is 9.59 Å². The van der Waals surface area contributed by atoms with Crippen molar-refractivity contribution in [3.8, 4) is 17.1 Å². The molecule has 0 bridgehead atoms. The second kappa shape index (κ2) is 9.03. The lowest BCUT2D eigenvalue weighted by atomic mass is 10.1. The number of Topliss-reactive ketones (excluding diaryl/α,β-unsaturated/α-hetero) is 1. The van der Waals surface area contributed by atoms with Crippen molar-refractivity contribution in [2.24, 2.45) is 0 Å². The molecule has 168 valence electrons.